The molecule has 3 rings (SSSR count). The lowest BCUT2D eigenvalue weighted by Crippen LogP contribution is -2.46. The van der Waals surface area contributed by atoms with Crippen LogP contribution in [0.15, 0.2) is 11.2 Å². The van der Waals surface area contributed by atoms with Gasteiger partial charge in [-0.05, 0) is 19.3 Å². The zero-order valence-electron chi connectivity index (χ0n) is 10.8. The predicted molar refractivity (Wildman–Crippen MR) is 67.8 cm³/mol. The smallest absolute Gasteiger partial charge is 0.281 e. The first-order chi connectivity index (χ1) is 8.92. The molecule has 0 saturated heterocycles. The fraction of sp³-hybridized carbons (Fsp3) is 0.667. The molecule has 0 atom stereocenters. The molecule has 1 aliphatic heterocycles. The first-order valence-electron chi connectivity index (χ1n) is 6.54. The number of carbonyl (C=O) groups excluding carboxylic acids is 1. The van der Waals surface area contributed by atoms with Gasteiger partial charge in [0.2, 0.25) is 5.91 Å². The maximum atomic E-state index is 12.3. The van der Waals surface area contributed by atoms with Crippen molar-refractivity contribution in [2.75, 3.05) is 0 Å². The summed E-state index contributed by atoms with van der Waals surface area (Å²) < 4.78 is 28.4. The van der Waals surface area contributed by atoms with Crippen molar-refractivity contribution in [3.05, 3.63) is 12.0 Å². The van der Waals surface area contributed by atoms with E-state index in [1.807, 2.05) is 6.92 Å². The summed E-state index contributed by atoms with van der Waals surface area (Å²) in [5, 5.41) is 0.108. The van der Waals surface area contributed by atoms with E-state index in [-0.39, 0.29) is 5.03 Å². The van der Waals surface area contributed by atoms with Crippen molar-refractivity contribution in [2.24, 2.45) is 5.41 Å². The van der Waals surface area contributed by atoms with Crippen LogP contribution in [0.2, 0.25) is 0 Å². The van der Waals surface area contributed by atoms with E-state index >= 15 is 0 Å². The molecule has 2 heterocycles. The van der Waals surface area contributed by atoms with Crippen LogP contribution >= 0.6 is 0 Å². The predicted octanol–water partition coefficient (Wildman–Crippen LogP) is 0.824. The Morgan fingerprint density at radius 2 is 2.16 bits per heavy atom. The van der Waals surface area contributed by atoms with Gasteiger partial charge in [0.15, 0.2) is 5.03 Å². The minimum Gasteiger partial charge on any atom is -0.318 e. The molecular formula is C12H17N3O3S. The van der Waals surface area contributed by atoms with Gasteiger partial charge in [-0.15, -0.1) is 0 Å². The number of aryl methyl sites for hydroxylation is 1. The Labute approximate surface area is 112 Å². The SMILES string of the molecule is CC1(C(=O)NS(=O)(=O)c2cnc3n2CCC3)CCC1. The summed E-state index contributed by atoms with van der Waals surface area (Å²) in [6.07, 6.45) is 5.51. The molecule has 0 spiro atoms. The van der Waals surface area contributed by atoms with Gasteiger partial charge in [-0.3, -0.25) is 4.79 Å². The third kappa shape index (κ3) is 1.96. The molecule has 0 aromatic carbocycles. The third-order valence-corrected chi connectivity index (χ3v) is 5.52. The zero-order chi connectivity index (χ0) is 13.7. The molecule has 6 nitrogen and oxygen atoms in total. The Morgan fingerprint density at radius 3 is 2.79 bits per heavy atom. The summed E-state index contributed by atoms with van der Waals surface area (Å²) >= 11 is 0. The molecule has 1 aromatic rings. The van der Waals surface area contributed by atoms with Gasteiger partial charge in [0, 0.05) is 18.4 Å². The van der Waals surface area contributed by atoms with Crippen LogP contribution in [0.25, 0.3) is 0 Å². The number of hydrogen-bond acceptors (Lipinski definition) is 4. The summed E-state index contributed by atoms with van der Waals surface area (Å²) in [7, 11) is -3.80. The van der Waals surface area contributed by atoms with E-state index < -0.39 is 21.3 Å². The third-order valence-electron chi connectivity index (χ3n) is 4.19. The van der Waals surface area contributed by atoms with Gasteiger partial charge >= 0.3 is 0 Å². The van der Waals surface area contributed by atoms with E-state index in [0.29, 0.717) is 6.54 Å². The van der Waals surface area contributed by atoms with Crippen LogP contribution in [-0.4, -0.2) is 23.9 Å². The zero-order valence-corrected chi connectivity index (χ0v) is 11.7. The highest BCUT2D eigenvalue weighted by molar-refractivity contribution is 7.90. The number of amides is 1. The van der Waals surface area contributed by atoms with Crippen molar-refractivity contribution >= 4 is 15.9 Å². The molecule has 19 heavy (non-hydrogen) atoms. The summed E-state index contributed by atoms with van der Waals surface area (Å²) in [5.74, 6) is 0.384. The van der Waals surface area contributed by atoms with Crippen LogP contribution in [-0.2, 0) is 27.8 Å². The second-order valence-corrected chi connectivity index (χ2v) is 7.25. The minimum atomic E-state index is -3.80. The number of imidazole rings is 1. The largest absolute Gasteiger partial charge is 0.318 e. The maximum absolute atomic E-state index is 12.3. The van der Waals surface area contributed by atoms with Gasteiger partial charge in [-0.2, -0.15) is 8.42 Å². The second-order valence-electron chi connectivity index (χ2n) is 5.62. The van der Waals surface area contributed by atoms with Gasteiger partial charge in [0.25, 0.3) is 10.0 Å². The lowest BCUT2D eigenvalue weighted by molar-refractivity contribution is -0.132. The Kier molecular flexibility index (Phi) is 2.70. The lowest BCUT2D eigenvalue weighted by atomic mass is 9.70. The van der Waals surface area contributed by atoms with Gasteiger partial charge in [-0.25, -0.2) is 9.71 Å². The van der Waals surface area contributed by atoms with Gasteiger partial charge in [0.05, 0.1) is 6.20 Å². The highest BCUT2D eigenvalue weighted by Gasteiger charge is 2.41. The highest BCUT2D eigenvalue weighted by atomic mass is 32.2. The summed E-state index contributed by atoms with van der Waals surface area (Å²) in [6.45, 7) is 2.46. The maximum Gasteiger partial charge on any atom is 0.281 e. The number of sulfonamides is 1. The number of hydrogen-bond donors (Lipinski definition) is 1. The lowest BCUT2D eigenvalue weighted by Gasteiger charge is -2.36. The minimum absolute atomic E-state index is 0.108. The van der Waals surface area contributed by atoms with E-state index in [1.165, 1.54) is 6.20 Å². The van der Waals surface area contributed by atoms with Gasteiger partial charge < -0.3 is 4.57 Å². The molecule has 7 heteroatoms. The number of nitrogens with one attached hydrogen (secondary N) is 1. The quantitative estimate of drug-likeness (QED) is 0.890. The van der Waals surface area contributed by atoms with Crippen LogP contribution in [0.3, 0.4) is 0 Å². The van der Waals surface area contributed by atoms with E-state index in [0.717, 1.165) is 37.9 Å². The Hall–Kier alpha value is -1.37. The molecule has 2 aliphatic rings. The fourth-order valence-electron chi connectivity index (χ4n) is 2.68. The molecule has 0 bridgehead atoms. The van der Waals surface area contributed by atoms with Crippen LogP contribution in [0.5, 0.6) is 0 Å². The molecule has 1 amide bonds. The molecule has 1 aliphatic carbocycles. The average molecular weight is 283 g/mol. The van der Waals surface area contributed by atoms with E-state index in [1.54, 1.807) is 4.57 Å². The monoisotopic (exact) mass is 283 g/mol. The Balaban J connectivity index is 1.85. The molecular weight excluding hydrogens is 266 g/mol. The molecule has 1 saturated carbocycles. The normalized spacial score (nSPS) is 20.7. The molecule has 0 unspecified atom stereocenters. The van der Waals surface area contributed by atoms with Crippen LogP contribution in [0.1, 0.15) is 38.4 Å². The number of aromatic nitrogens is 2. The van der Waals surface area contributed by atoms with E-state index in [9.17, 15) is 13.2 Å². The first-order valence-corrected chi connectivity index (χ1v) is 8.02. The highest BCUT2D eigenvalue weighted by Crippen LogP contribution is 2.40. The van der Waals surface area contributed by atoms with Crippen molar-refractivity contribution in [2.45, 2.75) is 50.6 Å². The number of nitrogens with zero attached hydrogens (tertiary/aromatic N) is 2. The van der Waals surface area contributed by atoms with Crippen LogP contribution in [0.4, 0.5) is 0 Å². The van der Waals surface area contributed by atoms with Crippen molar-refractivity contribution in [1.29, 1.82) is 0 Å². The molecule has 104 valence electrons. The van der Waals surface area contributed by atoms with Crippen molar-refractivity contribution in [3.63, 3.8) is 0 Å². The topological polar surface area (TPSA) is 81.1 Å². The van der Waals surface area contributed by atoms with Gasteiger partial charge in [-0.1, -0.05) is 13.3 Å². The van der Waals surface area contributed by atoms with Crippen LogP contribution in [0, 0.1) is 5.41 Å². The summed E-state index contributed by atoms with van der Waals surface area (Å²) in [6, 6.07) is 0. The fourth-order valence-corrected chi connectivity index (χ4v) is 3.95. The summed E-state index contributed by atoms with van der Waals surface area (Å²) in [4.78, 5) is 16.1. The number of fused-ring (bicyclic) bond motifs is 1. The van der Waals surface area contributed by atoms with Gasteiger partial charge in [0.1, 0.15) is 5.82 Å². The van der Waals surface area contributed by atoms with Crippen LogP contribution < -0.4 is 4.72 Å². The Morgan fingerprint density at radius 1 is 1.42 bits per heavy atom. The number of rotatable bonds is 3. The second kappa shape index (κ2) is 4.06. The molecule has 1 aromatic heterocycles. The standard InChI is InChI=1S/C12H17N3O3S/c1-12(5-3-6-12)11(16)14-19(17,18)10-8-13-9-4-2-7-15(9)10/h8H,2-7H2,1H3,(H,14,16). The van der Waals surface area contributed by atoms with E-state index in [2.05, 4.69) is 9.71 Å². The molecule has 1 N–H and O–H groups in total. The van der Waals surface area contributed by atoms with E-state index in [4.69, 9.17) is 0 Å². The average Bonchev–Trinajstić information content (AvgIpc) is 2.85. The van der Waals surface area contributed by atoms with Crippen molar-refractivity contribution < 1.29 is 13.2 Å². The first kappa shape index (κ1) is 12.7. The Bertz CT molecular complexity index is 629. The van der Waals surface area contributed by atoms with Crippen molar-refractivity contribution in [3.8, 4) is 0 Å². The molecule has 1 fully saturated rings. The van der Waals surface area contributed by atoms with Crippen molar-refractivity contribution in [1.82, 2.24) is 14.3 Å². The number of carbonyl (C=O) groups is 1. The summed E-state index contributed by atoms with van der Waals surface area (Å²) in [5.41, 5.74) is -0.527. The molecule has 0 radical (unpaired) electrons.